The second kappa shape index (κ2) is 6.71. The van der Waals surface area contributed by atoms with Crippen LogP contribution in [0.2, 0.25) is 10.0 Å². The number of thiocarbonyl (C=S) groups is 1. The average Bonchev–Trinajstić information content (AvgIpc) is 2.42. The number of nitrogens with one attached hydrogen (secondary N) is 2. The van der Waals surface area contributed by atoms with Crippen LogP contribution >= 0.6 is 35.4 Å². The van der Waals surface area contributed by atoms with E-state index in [4.69, 9.17) is 35.4 Å². The number of anilines is 2. The molecule has 0 bridgehead atoms. The predicted octanol–water partition coefficient (Wildman–Crippen LogP) is 4.71. The van der Waals surface area contributed by atoms with Crippen LogP contribution in [0.1, 0.15) is 0 Å². The molecule has 0 fully saturated rings. The molecule has 5 nitrogen and oxygen atoms in total. The van der Waals surface area contributed by atoms with Crippen molar-refractivity contribution in [2.24, 2.45) is 0 Å². The van der Waals surface area contributed by atoms with Crippen LogP contribution in [0.3, 0.4) is 0 Å². The van der Waals surface area contributed by atoms with E-state index < -0.39 is 4.92 Å². The van der Waals surface area contributed by atoms with Crippen molar-refractivity contribution >= 4 is 57.6 Å². The van der Waals surface area contributed by atoms with Gasteiger partial charge in [0.15, 0.2) is 5.11 Å². The fourth-order valence-electron chi connectivity index (χ4n) is 1.61. The van der Waals surface area contributed by atoms with Gasteiger partial charge in [0, 0.05) is 11.1 Å². The van der Waals surface area contributed by atoms with Gasteiger partial charge in [0.1, 0.15) is 5.69 Å². The van der Waals surface area contributed by atoms with Crippen LogP contribution in [0.15, 0.2) is 42.5 Å². The van der Waals surface area contributed by atoms with Gasteiger partial charge in [-0.3, -0.25) is 10.1 Å². The van der Waals surface area contributed by atoms with E-state index in [-0.39, 0.29) is 10.8 Å². The maximum Gasteiger partial charge on any atom is 0.292 e. The van der Waals surface area contributed by atoms with Gasteiger partial charge in [0.2, 0.25) is 0 Å². The number of hydrogen-bond donors (Lipinski definition) is 2. The first kappa shape index (κ1) is 15.5. The minimum atomic E-state index is -0.486. The summed E-state index contributed by atoms with van der Waals surface area (Å²) in [6.07, 6.45) is 0. The number of hydrogen-bond acceptors (Lipinski definition) is 3. The van der Waals surface area contributed by atoms with Crippen LogP contribution in [-0.4, -0.2) is 10.0 Å². The molecule has 2 N–H and O–H groups in total. The van der Waals surface area contributed by atoms with Crippen molar-refractivity contribution in [1.29, 1.82) is 0 Å². The molecule has 0 radical (unpaired) electrons. The maximum atomic E-state index is 10.9. The highest BCUT2D eigenvalue weighted by Crippen LogP contribution is 2.27. The zero-order valence-electron chi connectivity index (χ0n) is 10.5. The Morgan fingerprint density at radius 1 is 1.10 bits per heavy atom. The Morgan fingerprint density at radius 3 is 2.43 bits per heavy atom. The molecule has 0 unspecified atom stereocenters. The monoisotopic (exact) mass is 341 g/mol. The quantitative estimate of drug-likeness (QED) is 0.480. The number of nitro groups is 1. The lowest BCUT2D eigenvalue weighted by molar-refractivity contribution is -0.383. The highest BCUT2D eigenvalue weighted by Gasteiger charge is 2.13. The third-order valence-electron chi connectivity index (χ3n) is 2.53. The van der Waals surface area contributed by atoms with Gasteiger partial charge in [-0.15, -0.1) is 0 Å². The van der Waals surface area contributed by atoms with Crippen LogP contribution in [0, 0.1) is 10.1 Å². The third-order valence-corrected chi connectivity index (χ3v) is 3.28. The second-order valence-electron chi connectivity index (χ2n) is 3.98. The van der Waals surface area contributed by atoms with E-state index in [9.17, 15) is 10.1 Å². The van der Waals surface area contributed by atoms with E-state index in [0.29, 0.717) is 21.4 Å². The minimum absolute atomic E-state index is 0.0659. The fraction of sp³-hybridized carbons (Fsp3) is 0. The fourth-order valence-corrected chi connectivity index (χ4v) is 2.28. The van der Waals surface area contributed by atoms with E-state index in [2.05, 4.69) is 10.6 Å². The summed E-state index contributed by atoms with van der Waals surface area (Å²) in [6, 6.07) is 11.1. The Morgan fingerprint density at radius 2 is 1.76 bits per heavy atom. The smallest absolute Gasteiger partial charge is 0.292 e. The van der Waals surface area contributed by atoms with Gasteiger partial charge in [-0.1, -0.05) is 35.3 Å². The third kappa shape index (κ3) is 4.04. The summed E-state index contributed by atoms with van der Waals surface area (Å²) in [5.74, 6) is 0. The molecule has 2 aromatic rings. The molecule has 2 rings (SSSR count). The van der Waals surface area contributed by atoms with Gasteiger partial charge >= 0.3 is 0 Å². The van der Waals surface area contributed by atoms with Crippen LogP contribution in [0.25, 0.3) is 0 Å². The van der Waals surface area contributed by atoms with E-state index in [0.717, 1.165) is 0 Å². The summed E-state index contributed by atoms with van der Waals surface area (Å²) < 4.78 is 0. The molecule has 8 heteroatoms. The Bertz CT molecular complexity index is 710. The van der Waals surface area contributed by atoms with Crippen molar-refractivity contribution in [2.45, 2.75) is 0 Å². The summed E-state index contributed by atoms with van der Waals surface area (Å²) in [4.78, 5) is 10.4. The van der Waals surface area contributed by atoms with Crippen molar-refractivity contribution in [1.82, 2.24) is 0 Å². The SMILES string of the molecule is O=[N+]([O-])c1ccccc1NC(=S)Nc1ccc(Cl)cc1Cl. The largest absolute Gasteiger partial charge is 0.331 e. The van der Waals surface area contributed by atoms with Crippen molar-refractivity contribution in [2.75, 3.05) is 10.6 Å². The molecule has 108 valence electrons. The first-order chi connectivity index (χ1) is 9.97. The number of benzene rings is 2. The summed E-state index contributed by atoms with van der Waals surface area (Å²) >= 11 is 16.9. The molecule has 0 aliphatic heterocycles. The summed E-state index contributed by atoms with van der Waals surface area (Å²) in [5, 5.41) is 17.6. The first-order valence-electron chi connectivity index (χ1n) is 5.74. The zero-order valence-corrected chi connectivity index (χ0v) is 12.8. The van der Waals surface area contributed by atoms with Crippen LogP contribution < -0.4 is 10.6 Å². The topological polar surface area (TPSA) is 67.2 Å². The van der Waals surface area contributed by atoms with Gasteiger partial charge in [-0.2, -0.15) is 0 Å². The van der Waals surface area contributed by atoms with Crippen LogP contribution in [0.5, 0.6) is 0 Å². The van der Waals surface area contributed by atoms with Gasteiger partial charge < -0.3 is 10.6 Å². The predicted molar refractivity (Wildman–Crippen MR) is 89.4 cm³/mol. The molecular weight excluding hydrogens is 333 g/mol. The molecule has 0 aromatic heterocycles. The van der Waals surface area contributed by atoms with Gasteiger partial charge in [-0.25, -0.2) is 0 Å². The highest BCUT2D eigenvalue weighted by atomic mass is 35.5. The molecule has 21 heavy (non-hydrogen) atoms. The Balaban J connectivity index is 2.14. The summed E-state index contributed by atoms with van der Waals surface area (Å²) in [5.41, 5.74) is 0.783. The lowest BCUT2D eigenvalue weighted by Gasteiger charge is -2.12. The Hall–Kier alpha value is -1.89. The average molecular weight is 342 g/mol. The second-order valence-corrected chi connectivity index (χ2v) is 5.23. The molecule has 0 spiro atoms. The molecule has 0 saturated carbocycles. The van der Waals surface area contributed by atoms with Crippen molar-refractivity contribution in [3.05, 3.63) is 62.6 Å². The van der Waals surface area contributed by atoms with Gasteiger partial charge in [0.25, 0.3) is 5.69 Å². The minimum Gasteiger partial charge on any atom is -0.331 e. The Kier molecular flexibility index (Phi) is 4.95. The van der Waals surface area contributed by atoms with Gasteiger partial charge in [0.05, 0.1) is 15.6 Å². The highest BCUT2D eigenvalue weighted by molar-refractivity contribution is 7.80. The number of nitrogens with zero attached hydrogens (tertiary/aromatic N) is 1. The number of nitro benzene ring substituents is 1. The number of para-hydroxylation sites is 2. The molecular formula is C13H9Cl2N3O2S. The molecule has 0 amide bonds. The normalized spacial score (nSPS) is 10.0. The van der Waals surface area contributed by atoms with Crippen molar-refractivity contribution in [3.8, 4) is 0 Å². The van der Waals surface area contributed by atoms with Crippen molar-refractivity contribution < 1.29 is 4.92 Å². The van der Waals surface area contributed by atoms with Crippen molar-refractivity contribution in [3.63, 3.8) is 0 Å². The summed E-state index contributed by atoms with van der Waals surface area (Å²) in [7, 11) is 0. The zero-order chi connectivity index (χ0) is 15.4. The van der Waals surface area contributed by atoms with E-state index in [1.54, 1.807) is 36.4 Å². The number of rotatable bonds is 3. The molecule has 0 aliphatic rings. The Labute approximate surface area is 136 Å². The van der Waals surface area contributed by atoms with E-state index in [1.807, 2.05) is 0 Å². The molecule has 0 aliphatic carbocycles. The van der Waals surface area contributed by atoms with Gasteiger partial charge in [-0.05, 0) is 36.5 Å². The molecule has 2 aromatic carbocycles. The lowest BCUT2D eigenvalue weighted by atomic mass is 10.3. The standard InChI is InChI=1S/C13H9Cl2N3O2S/c14-8-5-6-10(9(15)7-8)16-13(21)17-11-3-1-2-4-12(11)18(19)20/h1-7H,(H2,16,17,21). The molecule has 0 heterocycles. The summed E-state index contributed by atoms with van der Waals surface area (Å²) in [6.45, 7) is 0. The van der Waals surface area contributed by atoms with E-state index >= 15 is 0 Å². The number of halogens is 2. The lowest BCUT2D eigenvalue weighted by Crippen LogP contribution is -2.19. The van der Waals surface area contributed by atoms with Crippen LogP contribution in [-0.2, 0) is 0 Å². The first-order valence-corrected chi connectivity index (χ1v) is 6.90. The molecule has 0 atom stereocenters. The van der Waals surface area contributed by atoms with E-state index in [1.165, 1.54) is 6.07 Å². The maximum absolute atomic E-state index is 10.9. The van der Waals surface area contributed by atoms with Crippen LogP contribution in [0.4, 0.5) is 17.1 Å². The molecule has 0 saturated heterocycles.